The molecule has 1 aliphatic heterocycles. The highest BCUT2D eigenvalue weighted by Crippen LogP contribution is 2.23. The molecule has 1 fully saturated rings. The van der Waals surface area contributed by atoms with Crippen LogP contribution in [0.15, 0.2) is 36.5 Å². The monoisotopic (exact) mass is 285 g/mol. The van der Waals surface area contributed by atoms with Gasteiger partial charge in [0.15, 0.2) is 0 Å². The molecule has 1 aliphatic rings. The maximum atomic E-state index is 5.95. The van der Waals surface area contributed by atoms with Gasteiger partial charge in [0.25, 0.3) is 0 Å². The fourth-order valence-electron chi connectivity index (χ4n) is 2.80. The van der Waals surface area contributed by atoms with Crippen molar-refractivity contribution in [1.82, 2.24) is 14.7 Å². The van der Waals surface area contributed by atoms with Crippen molar-refractivity contribution < 1.29 is 4.74 Å². The van der Waals surface area contributed by atoms with Gasteiger partial charge in [-0.15, -0.1) is 0 Å². The molecular weight excluding hydrogens is 262 g/mol. The van der Waals surface area contributed by atoms with Crippen molar-refractivity contribution in [3.8, 4) is 0 Å². The highest BCUT2D eigenvalue weighted by atomic mass is 16.5. The molecule has 112 valence electrons. The summed E-state index contributed by atoms with van der Waals surface area (Å²) in [7, 11) is 2.00. The third kappa shape index (κ3) is 3.34. The molecule has 1 atom stereocenters. The predicted octanol–water partition coefficient (Wildman–Crippen LogP) is 2.56. The van der Waals surface area contributed by atoms with Crippen LogP contribution in [0.5, 0.6) is 0 Å². The zero-order valence-corrected chi connectivity index (χ0v) is 12.8. The molecule has 2 heterocycles. The Hall–Kier alpha value is -1.65. The second-order valence-corrected chi connectivity index (χ2v) is 5.64. The standard InChI is InChI=1S/C17H23N3O/c1-3-14-4-6-15(7-5-14)17-13-20(10-11-21-17)12-16-8-9-18-19(16)2/h4-9,17H,3,10-13H2,1-2H3. The minimum atomic E-state index is 0.179. The Morgan fingerprint density at radius 2 is 2.05 bits per heavy atom. The largest absolute Gasteiger partial charge is 0.371 e. The summed E-state index contributed by atoms with van der Waals surface area (Å²) in [5.74, 6) is 0. The maximum Gasteiger partial charge on any atom is 0.0952 e. The van der Waals surface area contributed by atoms with E-state index in [2.05, 4.69) is 47.3 Å². The van der Waals surface area contributed by atoms with E-state index in [1.54, 1.807) is 0 Å². The maximum absolute atomic E-state index is 5.95. The molecule has 21 heavy (non-hydrogen) atoms. The molecule has 1 aromatic carbocycles. The van der Waals surface area contributed by atoms with E-state index in [-0.39, 0.29) is 6.10 Å². The number of nitrogens with zero attached hydrogens (tertiary/aromatic N) is 3. The van der Waals surface area contributed by atoms with Gasteiger partial charge in [-0.25, -0.2) is 0 Å². The average Bonchev–Trinajstić information content (AvgIpc) is 2.93. The number of benzene rings is 1. The Balaban J connectivity index is 1.66. The first-order valence-corrected chi connectivity index (χ1v) is 7.66. The van der Waals surface area contributed by atoms with Crippen molar-refractivity contribution in [3.63, 3.8) is 0 Å². The highest BCUT2D eigenvalue weighted by Gasteiger charge is 2.22. The zero-order valence-electron chi connectivity index (χ0n) is 12.8. The normalized spacial score (nSPS) is 19.8. The van der Waals surface area contributed by atoms with Gasteiger partial charge in [-0.1, -0.05) is 31.2 Å². The summed E-state index contributed by atoms with van der Waals surface area (Å²) in [4.78, 5) is 2.44. The SMILES string of the molecule is CCc1ccc(C2CN(Cc3ccnn3C)CCO2)cc1. The molecule has 4 heteroatoms. The predicted molar refractivity (Wildman–Crippen MR) is 83.0 cm³/mol. The van der Waals surface area contributed by atoms with Gasteiger partial charge in [-0.2, -0.15) is 5.10 Å². The van der Waals surface area contributed by atoms with Crippen LogP contribution in [0, 0.1) is 0 Å². The number of hydrogen-bond acceptors (Lipinski definition) is 3. The topological polar surface area (TPSA) is 30.3 Å². The van der Waals surface area contributed by atoms with Crippen LogP contribution in [0.3, 0.4) is 0 Å². The molecule has 0 saturated carbocycles. The van der Waals surface area contributed by atoms with E-state index in [0.717, 1.165) is 32.7 Å². The fourth-order valence-corrected chi connectivity index (χ4v) is 2.80. The van der Waals surface area contributed by atoms with Gasteiger partial charge in [-0.3, -0.25) is 9.58 Å². The number of aromatic nitrogens is 2. The number of morpholine rings is 1. The molecule has 4 nitrogen and oxygen atoms in total. The molecular formula is C17H23N3O. The zero-order chi connectivity index (χ0) is 14.7. The molecule has 1 unspecified atom stereocenters. The molecule has 0 spiro atoms. The summed E-state index contributed by atoms with van der Waals surface area (Å²) in [6, 6.07) is 10.9. The summed E-state index contributed by atoms with van der Waals surface area (Å²) in [5, 5.41) is 4.24. The Labute approximate surface area is 126 Å². The first kappa shape index (κ1) is 14.3. The lowest BCUT2D eigenvalue weighted by Gasteiger charge is -2.33. The minimum Gasteiger partial charge on any atom is -0.371 e. The molecule has 0 aliphatic carbocycles. The van der Waals surface area contributed by atoms with Gasteiger partial charge in [0, 0.05) is 32.9 Å². The van der Waals surface area contributed by atoms with E-state index in [1.807, 2.05) is 17.9 Å². The van der Waals surface area contributed by atoms with Gasteiger partial charge < -0.3 is 4.74 Å². The summed E-state index contributed by atoms with van der Waals surface area (Å²) in [6.07, 6.45) is 3.12. The number of aryl methyl sites for hydroxylation is 2. The van der Waals surface area contributed by atoms with Crippen LogP contribution in [0.4, 0.5) is 0 Å². The van der Waals surface area contributed by atoms with E-state index in [1.165, 1.54) is 16.8 Å². The first-order chi connectivity index (χ1) is 10.3. The fraction of sp³-hybridized carbons (Fsp3) is 0.471. The van der Waals surface area contributed by atoms with Crippen molar-refractivity contribution >= 4 is 0 Å². The van der Waals surface area contributed by atoms with Crippen molar-refractivity contribution in [2.24, 2.45) is 7.05 Å². The number of ether oxygens (including phenoxy) is 1. The van der Waals surface area contributed by atoms with Gasteiger partial charge in [0.2, 0.25) is 0 Å². The van der Waals surface area contributed by atoms with Crippen molar-refractivity contribution in [2.45, 2.75) is 26.0 Å². The van der Waals surface area contributed by atoms with Gasteiger partial charge >= 0.3 is 0 Å². The lowest BCUT2D eigenvalue weighted by molar-refractivity contribution is -0.0335. The Bertz CT molecular complexity index is 576. The van der Waals surface area contributed by atoms with E-state index < -0.39 is 0 Å². The molecule has 1 aromatic heterocycles. The molecule has 0 amide bonds. The summed E-state index contributed by atoms with van der Waals surface area (Å²) in [5.41, 5.74) is 3.90. The van der Waals surface area contributed by atoms with Gasteiger partial charge in [-0.05, 0) is 23.6 Å². The van der Waals surface area contributed by atoms with Crippen LogP contribution >= 0.6 is 0 Å². The lowest BCUT2D eigenvalue weighted by atomic mass is 10.0. The van der Waals surface area contributed by atoms with Gasteiger partial charge in [0.05, 0.1) is 18.4 Å². The lowest BCUT2D eigenvalue weighted by Crippen LogP contribution is -2.38. The van der Waals surface area contributed by atoms with Crippen LogP contribution in [0.1, 0.15) is 29.8 Å². The van der Waals surface area contributed by atoms with E-state index >= 15 is 0 Å². The third-order valence-corrected chi connectivity index (χ3v) is 4.22. The third-order valence-electron chi connectivity index (χ3n) is 4.22. The number of hydrogen-bond donors (Lipinski definition) is 0. The minimum absolute atomic E-state index is 0.179. The number of rotatable bonds is 4. The summed E-state index contributed by atoms with van der Waals surface area (Å²) < 4.78 is 7.90. The van der Waals surface area contributed by atoms with E-state index in [4.69, 9.17) is 4.74 Å². The van der Waals surface area contributed by atoms with Crippen LogP contribution in [0.25, 0.3) is 0 Å². The summed E-state index contributed by atoms with van der Waals surface area (Å²) in [6.45, 7) is 5.83. The van der Waals surface area contributed by atoms with Crippen molar-refractivity contribution in [1.29, 1.82) is 0 Å². The van der Waals surface area contributed by atoms with Crippen molar-refractivity contribution in [2.75, 3.05) is 19.7 Å². The van der Waals surface area contributed by atoms with E-state index in [9.17, 15) is 0 Å². The van der Waals surface area contributed by atoms with Gasteiger partial charge in [0.1, 0.15) is 0 Å². The molecule has 0 bridgehead atoms. The first-order valence-electron chi connectivity index (χ1n) is 7.66. The highest BCUT2D eigenvalue weighted by molar-refractivity contribution is 5.24. The van der Waals surface area contributed by atoms with Crippen LogP contribution < -0.4 is 0 Å². The van der Waals surface area contributed by atoms with Crippen molar-refractivity contribution in [3.05, 3.63) is 53.3 Å². The summed E-state index contributed by atoms with van der Waals surface area (Å²) >= 11 is 0. The molecule has 3 rings (SSSR count). The Kier molecular flexibility index (Phi) is 4.36. The Morgan fingerprint density at radius 1 is 1.24 bits per heavy atom. The molecule has 0 N–H and O–H groups in total. The van der Waals surface area contributed by atoms with E-state index in [0.29, 0.717) is 0 Å². The molecule has 0 radical (unpaired) electrons. The second-order valence-electron chi connectivity index (χ2n) is 5.64. The average molecular weight is 285 g/mol. The molecule has 2 aromatic rings. The van der Waals surface area contributed by atoms with Crippen LogP contribution in [-0.2, 0) is 24.8 Å². The smallest absolute Gasteiger partial charge is 0.0952 e. The van der Waals surface area contributed by atoms with Crippen LogP contribution in [0.2, 0.25) is 0 Å². The second kappa shape index (κ2) is 6.41. The Morgan fingerprint density at radius 3 is 2.71 bits per heavy atom. The van der Waals surface area contributed by atoms with Crippen LogP contribution in [-0.4, -0.2) is 34.4 Å². The molecule has 1 saturated heterocycles. The quantitative estimate of drug-likeness (QED) is 0.865.